The van der Waals surface area contributed by atoms with Crippen molar-refractivity contribution in [2.75, 3.05) is 13.2 Å². The largest absolute Gasteiger partial charge is 0.493 e. The number of hydrogen-bond acceptors (Lipinski definition) is 6. The van der Waals surface area contributed by atoms with E-state index >= 15 is 0 Å². The number of aliphatic hydroxyl groups is 1. The van der Waals surface area contributed by atoms with E-state index in [2.05, 4.69) is 22.3 Å². The molecular weight excluding hydrogens is 451 g/mol. The molecule has 1 atom stereocenters. The maximum Gasteiger partial charge on any atom is 0.419 e. The van der Waals surface area contributed by atoms with Crippen molar-refractivity contribution in [2.24, 2.45) is 5.73 Å². The molecule has 178 valence electrons. The third-order valence-corrected chi connectivity index (χ3v) is 6.49. The number of alkyl halides is 3. The van der Waals surface area contributed by atoms with E-state index in [1.165, 1.54) is 17.7 Å². The number of halogens is 3. The molecule has 0 amide bonds. The molecule has 0 saturated carbocycles. The SMILES string of the molecule is CC(N)(CO)c1nnc(-c2ccc(OCCCCCCc3ccccc3)c(C(F)(F)F)c2)s1. The van der Waals surface area contributed by atoms with Gasteiger partial charge in [0.1, 0.15) is 15.8 Å². The number of nitrogens with two attached hydrogens (primary N) is 1. The first kappa shape index (κ1) is 25.1. The third-order valence-electron chi connectivity index (χ3n) is 5.23. The fraction of sp³-hybridized carbons (Fsp3) is 0.417. The van der Waals surface area contributed by atoms with E-state index in [1.54, 1.807) is 6.92 Å². The summed E-state index contributed by atoms with van der Waals surface area (Å²) in [6.07, 6.45) is 0.0375. The van der Waals surface area contributed by atoms with Gasteiger partial charge in [0, 0.05) is 5.56 Å². The molecule has 1 heterocycles. The molecule has 0 aliphatic carbocycles. The molecule has 0 saturated heterocycles. The average molecular weight is 480 g/mol. The van der Waals surface area contributed by atoms with Crippen molar-refractivity contribution < 1.29 is 23.0 Å². The lowest BCUT2D eigenvalue weighted by Gasteiger charge is -2.17. The zero-order valence-corrected chi connectivity index (χ0v) is 19.3. The predicted octanol–water partition coefficient (Wildman–Crippen LogP) is 5.57. The Morgan fingerprint density at radius 2 is 1.73 bits per heavy atom. The zero-order valence-electron chi connectivity index (χ0n) is 18.4. The van der Waals surface area contributed by atoms with E-state index in [4.69, 9.17) is 10.5 Å². The molecule has 3 aromatic rings. The summed E-state index contributed by atoms with van der Waals surface area (Å²) in [7, 11) is 0. The first-order chi connectivity index (χ1) is 15.7. The van der Waals surface area contributed by atoms with Crippen LogP contribution in [0.1, 0.15) is 48.7 Å². The van der Waals surface area contributed by atoms with Gasteiger partial charge >= 0.3 is 6.18 Å². The Kier molecular flexibility index (Phi) is 8.45. The van der Waals surface area contributed by atoms with Gasteiger partial charge in [0.25, 0.3) is 0 Å². The normalized spacial score (nSPS) is 13.6. The Labute approximate surface area is 195 Å². The van der Waals surface area contributed by atoms with E-state index in [9.17, 15) is 18.3 Å². The van der Waals surface area contributed by atoms with Gasteiger partial charge in [-0.2, -0.15) is 13.2 Å². The zero-order chi connectivity index (χ0) is 23.9. The third kappa shape index (κ3) is 6.99. The molecule has 0 spiro atoms. The van der Waals surface area contributed by atoms with Gasteiger partial charge in [0.15, 0.2) is 0 Å². The van der Waals surface area contributed by atoms with Gasteiger partial charge in [-0.3, -0.25) is 0 Å². The van der Waals surface area contributed by atoms with Crippen LogP contribution < -0.4 is 10.5 Å². The van der Waals surface area contributed by atoms with Crippen molar-refractivity contribution in [3.63, 3.8) is 0 Å². The number of aliphatic hydroxyl groups excluding tert-OH is 1. The maximum atomic E-state index is 13.7. The lowest BCUT2D eigenvalue weighted by molar-refractivity contribution is -0.138. The molecule has 0 bridgehead atoms. The summed E-state index contributed by atoms with van der Waals surface area (Å²) in [4.78, 5) is 0. The van der Waals surface area contributed by atoms with Crippen LogP contribution in [0.3, 0.4) is 0 Å². The molecule has 9 heteroatoms. The molecule has 1 aromatic heterocycles. The van der Waals surface area contributed by atoms with Crippen molar-refractivity contribution in [2.45, 2.75) is 50.7 Å². The van der Waals surface area contributed by atoms with E-state index in [0.717, 1.165) is 43.1 Å². The smallest absolute Gasteiger partial charge is 0.419 e. The molecule has 0 fully saturated rings. The van der Waals surface area contributed by atoms with Crippen LogP contribution in [0.2, 0.25) is 0 Å². The Hall–Kier alpha value is -2.49. The summed E-state index contributed by atoms with van der Waals surface area (Å²) in [5.41, 5.74) is 5.55. The molecule has 33 heavy (non-hydrogen) atoms. The topological polar surface area (TPSA) is 81.3 Å². The maximum absolute atomic E-state index is 13.7. The first-order valence-corrected chi connectivity index (χ1v) is 11.6. The van der Waals surface area contributed by atoms with Gasteiger partial charge in [-0.25, -0.2) is 0 Å². The van der Waals surface area contributed by atoms with Gasteiger partial charge in [0.2, 0.25) is 0 Å². The highest BCUT2D eigenvalue weighted by Crippen LogP contribution is 2.39. The second-order valence-electron chi connectivity index (χ2n) is 8.19. The Bertz CT molecular complexity index is 1020. The summed E-state index contributed by atoms with van der Waals surface area (Å²) >= 11 is 1.05. The molecular formula is C24H28F3N3O2S. The average Bonchev–Trinajstić information content (AvgIpc) is 3.30. The minimum Gasteiger partial charge on any atom is -0.493 e. The second-order valence-corrected chi connectivity index (χ2v) is 9.17. The molecule has 5 nitrogen and oxygen atoms in total. The van der Waals surface area contributed by atoms with Crippen LogP contribution in [0.25, 0.3) is 10.6 Å². The number of rotatable bonds is 11. The number of ether oxygens (including phenoxy) is 1. The molecule has 0 aliphatic heterocycles. The standard InChI is InChI=1S/C24H28F3N3O2S/c1-23(28,16-31)22-30-29-21(33-22)18-12-13-20(19(15-18)24(25,26)27)32-14-8-3-2-5-9-17-10-6-4-7-11-17/h4,6-7,10-13,15,31H,2-3,5,8-9,14,16,28H2,1H3. The van der Waals surface area contributed by atoms with Gasteiger partial charge in [-0.1, -0.05) is 54.5 Å². The molecule has 3 rings (SSSR count). The fourth-order valence-corrected chi connectivity index (χ4v) is 4.15. The van der Waals surface area contributed by atoms with Gasteiger partial charge in [-0.05, 0) is 49.9 Å². The number of nitrogens with zero attached hydrogens (tertiary/aromatic N) is 2. The highest BCUT2D eigenvalue weighted by atomic mass is 32.1. The van der Waals surface area contributed by atoms with Gasteiger partial charge in [-0.15, -0.1) is 10.2 Å². The lowest BCUT2D eigenvalue weighted by Crippen LogP contribution is -2.36. The van der Waals surface area contributed by atoms with E-state index in [-0.39, 0.29) is 24.5 Å². The molecule has 2 aromatic carbocycles. The predicted molar refractivity (Wildman–Crippen MR) is 123 cm³/mol. The van der Waals surface area contributed by atoms with Crippen molar-refractivity contribution >= 4 is 11.3 Å². The fourth-order valence-electron chi connectivity index (χ4n) is 3.26. The summed E-state index contributed by atoms with van der Waals surface area (Å²) in [5.74, 6) is -0.195. The highest BCUT2D eigenvalue weighted by Gasteiger charge is 2.35. The number of hydrogen-bond donors (Lipinski definition) is 2. The number of unbranched alkanes of at least 4 members (excludes halogenated alkanes) is 3. The Morgan fingerprint density at radius 3 is 2.42 bits per heavy atom. The first-order valence-electron chi connectivity index (χ1n) is 10.8. The quantitative estimate of drug-likeness (QED) is 0.351. The minimum absolute atomic E-state index is 0.195. The Balaban J connectivity index is 1.57. The molecule has 0 aliphatic rings. The Morgan fingerprint density at radius 1 is 1.00 bits per heavy atom. The van der Waals surface area contributed by atoms with Crippen LogP contribution in [-0.2, 0) is 18.1 Å². The summed E-state index contributed by atoms with van der Waals surface area (Å²) in [6, 6.07) is 14.1. The van der Waals surface area contributed by atoms with Crippen molar-refractivity contribution in [3.8, 4) is 16.3 Å². The van der Waals surface area contributed by atoms with E-state index in [1.807, 2.05) is 18.2 Å². The molecule has 3 N–H and O–H groups in total. The van der Waals surface area contributed by atoms with Crippen LogP contribution in [0, 0.1) is 0 Å². The van der Waals surface area contributed by atoms with Crippen LogP contribution >= 0.6 is 11.3 Å². The second kappa shape index (κ2) is 11.1. The summed E-state index contributed by atoms with van der Waals surface area (Å²) in [5, 5.41) is 17.9. The molecule has 0 radical (unpaired) electrons. The van der Waals surface area contributed by atoms with Gasteiger partial charge in [0.05, 0.1) is 24.3 Å². The summed E-state index contributed by atoms with van der Waals surface area (Å²) < 4.78 is 46.5. The number of aryl methyl sites for hydroxylation is 1. The van der Waals surface area contributed by atoms with Gasteiger partial charge < -0.3 is 15.6 Å². The minimum atomic E-state index is -4.57. The number of benzene rings is 2. The van der Waals surface area contributed by atoms with E-state index in [0.29, 0.717) is 16.4 Å². The van der Waals surface area contributed by atoms with E-state index < -0.39 is 17.3 Å². The summed E-state index contributed by atoms with van der Waals surface area (Å²) in [6.45, 7) is 1.45. The van der Waals surface area contributed by atoms with Crippen molar-refractivity contribution in [1.29, 1.82) is 0 Å². The van der Waals surface area contributed by atoms with Crippen molar-refractivity contribution in [1.82, 2.24) is 10.2 Å². The lowest BCUT2D eigenvalue weighted by atomic mass is 10.1. The molecule has 1 unspecified atom stereocenters. The van der Waals surface area contributed by atoms with Crippen molar-refractivity contribution in [3.05, 3.63) is 64.7 Å². The van der Waals surface area contributed by atoms with Crippen LogP contribution in [0.15, 0.2) is 48.5 Å². The van der Waals surface area contributed by atoms with Crippen LogP contribution in [0.5, 0.6) is 5.75 Å². The van der Waals surface area contributed by atoms with Crippen LogP contribution in [0.4, 0.5) is 13.2 Å². The highest BCUT2D eigenvalue weighted by molar-refractivity contribution is 7.14. The monoisotopic (exact) mass is 479 g/mol. The van der Waals surface area contributed by atoms with Crippen LogP contribution in [-0.4, -0.2) is 28.5 Å². The number of aromatic nitrogens is 2.